The van der Waals surface area contributed by atoms with Crippen LogP contribution < -0.4 is 0 Å². The SMILES string of the molecule is CC(C)OC(OC(=O)OC1CCCCC1)C(C)C. The molecule has 1 aliphatic carbocycles. The Bertz CT molecular complexity index is 244. The Labute approximate surface area is 110 Å². The van der Waals surface area contributed by atoms with E-state index in [2.05, 4.69) is 0 Å². The first-order valence-corrected chi connectivity index (χ1v) is 7.01. The second-order valence-corrected chi connectivity index (χ2v) is 5.54. The lowest BCUT2D eigenvalue weighted by Gasteiger charge is -2.26. The molecule has 1 fully saturated rings. The highest BCUT2D eigenvalue weighted by molar-refractivity contribution is 5.60. The molecule has 0 saturated heterocycles. The highest BCUT2D eigenvalue weighted by Gasteiger charge is 2.24. The molecule has 1 atom stereocenters. The largest absolute Gasteiger partial charge is 0.510 e. The first-order chi connectivity index (χ1) is 8.49. The number of hydrogen-bond acceptors (Lipinski definition) is 4. The van der Waals surface area contributed by atoms with Crippen LogP contribution in [0.4, 0.5) is 4.79 Å². The number of carbonyl (C=O) groups is 1. The van der Waals surface area contributed by atoms with E-state index < -0.39 is 12.4 Å². The maximum atomic E-state index is 11.7. The van der Waals surface area contributed by atoms with E-state index in [1.54, 1.807) is 0 Å². The van der Waals surface area contributed by atoms with E-state index in [0.717, 1.165) is 25.7 Å². The molecular formula is C14H26O4. The topological polar surface area (TPSA) is 44.8 Å². The lowest BCUT2D eigenvalue weighted by Crippen LogP contribution is -2.31. The van der Waals surface area contributed by atoms with Gasteiger partial charge in [0.25, 0.3) is 0 Å². The van der Waals surface area contributed by atoms with E-state index in [4.69, 9.17) is 14.2 Å². The van der Waals surface area contributed by atoms with Gasteiger partial charge in [0.05, 0.1) is 6.10 Å². The van der Waals surface area contributed by atoms with Crippen molar-refractivity contribution in [2.45, 2.75) is 78.3 Å². The van der Waals surface area contributed by atoms with Crippen molar-refractivity contribution in [3.8, 4) is 0 Å². The van der Waals surface area contributed by atoms with Crippen LogP contribution in [0.1, 0.15) is 59.8 Å². The van der Waals surface area contributed by atoms with Crippen molar-refractivity contribution in [1.82, 2.24) is 0 Å². The van der Waals surface area contributed by atoms with Gasteiger partial charge in [0.1, 0.15) is 6.10 Å². The van der Waals surface area contributed by atoms with Gasteiger partial charge in [-0.05, 0) is 39.5 Å². The van der Waals surface area contributed by atoms with Crippen molar-refractivity contribution in [2.75, 3.05) is 0 Å². The second-order valence-electron chi connectivity index (χ2n) is 5.54. The molecule has 0 N–H and O–H groups in total. The van der Waals surface area contributed by atoms with Gasteiger partial charge in [0, 0.05) is 5.92 Å². The van der Waals surface area contributed by atoms with Gasteiger partial charge in [-0.25, -0.2) is 4.79 Å². The van der Waals surface area contributed by atoms with E-state index in [9.17, 15) is 4.79 Å². The summed E-state index contributed by atoms with van der Waals surface area (Å²) in [6, 6.07) is 0. The molecule has 0 spiro atoms. The maximum Gasteiger partial charge on any atom is 0.510 e. The zero-order valence-corrected chi connectivity index (χ0v) is 12.0. The van der Waals surface area contributed by atoms with Gasteiger partial charge in [-0.3, -0.25) is 0 Å². The van der Waals surface area contributed by atoms with E-state index >= 15 is 0 Å². The smallest absolute Gasteiger partial charge is 0.431 e. The van der Waals surface area contributed by atoms with Gasteiger partial charge in [-0.2, -0.15) is 0 Å². The summed E-state index contributed by atoms with van der Waals surface area (Å²) in [5.74, 6) is 0.117. The Kier molecular flexibility index (Phi) is 6.47. The van der Waals surface area contributed by atoms with Crippen LogP contribution in [0, 0.1) is 5.92 Å². The molecule has 18 heavy (non-hydrogen) atoms. The van der Waals surface area contributed by atoms with Crippen LogP contribution in [0.3, 0.4) is 0 Å². The predicted molar refractivity (Wildman–Crippen MR) is 69.3 cm³/mol. The Morgan fingerprint density at radius 1 is 1.06 bits per heavy atom. The van der Waals surface area contributed by atoms with Crippen molar-refractivity contribution in [3.63, 3.8) is 0 Å². The van der Waals surface area contributed by atoms with Crippen LogP contribution in [-0.2, 0) is 14.2 Å². The Morgan fingerprint density at radius 2 is 1.67 bits per heavy atom. The van der Waals surface area contributed by atoms with Crippen LogP contribution in [0.2, 0.25) is 0 Å². The molecule has 0 aromatic heterocycles. The zero-order chi connectivity index (χ0) is 13.5. The van der Waals surface area contributed by atoms with Crippen molar-refractivity contribution >= 4 is 6.16 Å². The normalized spacial score (nSPS) is 19.0. The minimum atomic E-state index is -0.596. The number of carbonyl (C=O) groups excluding carboxylic acids is 1. The molecule has 106 valence electrons. The third-order valence-corrected chi connectivity index (χ3v) is 2.98. The molecule has 1 saturated carbocycles. The zero-order valence-electron chi connectivity index (χ0n) is 12.0. The van der Waals surface area contributed by atoms with E-state index in [0.29, 0.717) is 0 Å². The second kappa shape index (κ2) is 7.62. The van der Waals surface area contributed by atoms with E-state index in [1.807, 2.05) is 27.7 Å². The Balaban J connectivity index is 2.35. The van der Waals surface area contributed by atoms with Gasteiger partial charge in [0.2, 0.25) is 6.29 Å². The fraction of sp³-hybridized carbons (Fsp3) is 0.929. The summed E-state index contributed by atoms with van der Waals surface area (Å²) in [6.07, 6.45) is 4.33. The molecule has 0 heterocycles. The monoisotopic (exact) mass is 258 g/mol. The maximum absolute atomic E-state index is 11.7. The summed E-state index contributed by atoms with van der Waals surface area (Å²) < 4.78 is 16.1. The van der Waals surface area contributed by atoms with Crippen molar-refractivity contribution < 1.29 is 19.0 Å². The average Bonchev–Trinajstić information content (AvgIpc) is 2.28. The third kappa shape index (κ3) is 5.71. The average molecular weight is 258 g/mol. The minimum absolute atomic E-state index is 0.0260. The summed E-state index contributed by atoms with van der Waals surface area (Å²) in [7, 11) is 0. The van der Waals surface area contributed by atoms with Crippen molar-refractivity contribution in [1.29, 1.82) is 0 Å². The van der Waals surface area contributed by atoms with Crippen LogP contribution in [0.15, 0.2) is 0 Å². The van der Waals surface area contributed by atoms with Crippen molar-refractivity contribution in [2.24, 2.45) is 5.92 Å². The lowest BCUT2D eigenvalue weighted by molar-refractivity contribution is -0.168. The number of ether oxygens (including phenoxy) is 3. The quantitative estimate of drug-likeness (QED) is 0.554. The summed E-state index contributed by atoms with van der Waals surface area (Å²) in [4.78, 5) is 11.7. The summed E-state index contributed by atoms with van der Waals surface area (Å²) in [6.45, 7) is 7.76. The molecule has 0 amide bonds. The first-order valence-electron chi connectivity index (χ1n) is 7.01. The van der Waals surface area contributed by atoms with Crippen LogP contribution in [0.5, 0.6) is 0 Å². The van der Waals surface area contributed by atoms with Gasteiger partial charge < -0.3 is 14.2 Å². The first kappa shape index (κ1) is 15.3. The lowest BCUT2D eigenvalue weighted by atomic mass is 9.98. The predicted octanol–water partition coefficient (Wildman–Crippen LogP) is 3.88. The molecule has 4 nitrogen and oxygen atoms in total. The van der Waals surface area contributed by atoms with E-state index in [-0.39, 0.29) is 18.1 Å². The third-order valence-electron chi connectivity index (χ3n) is 2.98. The fourth-order valence-corrected chi connectivity index (χ4v) is 2.03. The molecule has 0 radical (unpaired) electrons. The fourth-order valence-electron chi connectivity index (χ4n) is 2.03. The highest BCUT2D eigenvalue weighted by atomic mass is 16.8. The van der Waals surface area contributed by atoms with E-state index in [1.165, 1.54) is 6.42 Å². The van der Waals surface area contributed by atoms with Gasteiger partial charge in [0.15, 0.2) is 0 Å². The molecule has 0 aromatic rings. The molecule has 1 unspecified atom stereocenters. The molecule has 4 heteroatoms. The number of hydrogen-bond donors (Lipinski definition) is 0. The molecule has 0 aliphatic heterocycles. The summed E-state index contributed by atoms with van der Waals surface area (Å²) in [5.41, 5.74) is 0. The van der Waals surface area contributed by atoms with Gasteiger partial charge in [-0.15, -0.1) is 0 Å². The molecular weight excluding hydrogens is 232 g/mol. The number of rotatable bonds is 5. The summed E-state index contributed by atoms with van der Waals surface area (Å²) >= 11 is 0. The van der Waals surface area contributed by atoms with Crippen LogP contribution >= 0.6 is 0 Å². The molecule has 0 bridgehead atoms. The minimum Gasteiger partial charge on any atom is -0.431 e. The Hall–Kier alpha value is -0.770. The van der Waals surface area contributed by atoms with Crippen LogP contribution in [0.25, 0.3) is 0 Å². The standard InChI is InChI=1S/C14H26O4/c1-10(2)13(16-11(3)4)18-14(15)17-12-8-6-5-7-9-12/h10-13H,5-9H2,1-4H3. The Morgan fingerprint density at radius 3 is 2.17 bits per heavy atom. The molecule has 1 rings (SSSR count). The highest BCUT2D eigenvalue weighted by Crippen LogP contribution is 2.21. The van der Waals surface area contributed by atoms with Gasteiger partial charge in [-0.1, -0.05) is 20.3 Å². The van der Waals surface area contributed by atoms with Gasteiger partial charge >= 0.3 is 6.16 Å². The van der Waals surface area contributed by atoms with Crippen molar-refractivity contribution in [3.05, 3.63) is 0 Å². The molecule has 0 aromatic carbocycles. The summed E-state index contributed by atoms with van der Waals surface area (Å²) in [5, 5.41) is 0. The molecule has 1 aliphatic rings. The van der Waals surface area contributed by atoms with Crippen LogP contribution in [-0.4, -0.2) is 24.7 Å².